The monoisotopic (exact) mass is 469 g/mol. The van der Waals surface area contributed by atoms with E-state index in [1.165, 1.54) is 7.11 Å². The van der Waals surface area contributed by atoms with Crippen molar-refractivity contribution in [1.82, 2.24) is 0 Å². The molecule has 0 saturated carbocycles. The van der Waals surface area contributed by atoms with E-state index in [1.807, 2.05) is 31.2 Å². The van der Waals surface area contributed by atoms with Crippen LogP contribution in [0, 0.1) is 6.92 Å². The van der Waals surface area contributed by atoms with E-state index >= 15 is 0 Å². The van der Waals surface area contributed by atoms with Gasteiger partial charge in [-0.3, -0.25) is 0 Å². The first-order chi connectivity index (χ1) is 17.0. The van der Waals surface area contributed by atoms with Gasteiger partial charge in [-0.15, -0.1) is 0 Å². The van der Waals surface area contributed by atoms with Gasteiger partial charge in [0.1, 0.15) is 17.0 Å². The summed E-state index contributed by atoms with van der Waals surface area (Å²) in [5.41, 5.74) is 3.92. The number of aliphatic imine (C=N–C) groups is 1. The van der Waals surface area contributed by atoms with Crippen molar-refractivity contribution < 1.29 is 23.4 Å². The van der Waals surface area contributed by atoms with Crippen LogP contribution in [0.5, 0.6) is 17.2 Å². The van der Waals surface area contributed by atoms with Gasteiger partial charge < -0.3 is 18.6 Å². The Labute approximate surface area is 201 Å². The lowest BCUT2D eigenvalue weighted by Crippen LogP contribution is -2.22. The van der Waals surface area contributed by atoms with Crippen molar-refractivity contribution in [3.8, 4) is 28.4 Å². The van der Waals surface area contributed by atoms with Crippen molar-refractivity contribution in [2.24, 2.45) is 4.99 Å². The molecule has 0 N–H and O–H groups in total. The van der Waals surface area contributed by atoms with Gasteiger partial charge >= 0.3 is 11.6 Å². The highest BCUT2D eigenvalue weighted by molar-refractivity contribution is 6.37. The summed E-state index contributed by atoms with van der Waals surface area (Å²) >= 11 is 0. The molecule has 5 rings (SSSR count). The zero-order valence-corrected chi connectivity index (χ0v) is 19.6. The van der Waals surface area contributed by atoms with E-state index in [0.717, 1.165) is 28.6 Å². The van der Waals surface area contributed by atoms with Crippen molar-refractivity contribution in [3.05, 3.63) is 82.2 Å². The van der Waals surface area contributed by atoms with Crippen molar-refractivity contribution in [3.63, 3.8) is 0 Å². The minimum absolute atomic E-state index is 0.283. The number of aryl methyl sites for hydroxylation is 2. The third-order valence-electron chi connectivity index (χ3n) is 6.14. The van der Waals surface area contributed by atoms with E-state index in [1.54, 1.807) is 43.5 Å². The van der Waals surface area contributed by atoms with Crippen LogP contribution in [-0.4, -0.2) is 25.9 Å². The van der Waals surface area contributed by atoms with Crippen LogP contribution in [0.2, 0.25) is 0 Å². The van der Waals surface area contributed by atoms with Gasteiger partial charge in [0.05, 0.1) is 25.5 Å². The number of esters is 1. The van der Waals surface area contributed by atoms with Crippen LogP contribution in [0.15, 0.2) is 74.9 Å². The number of rotatable bonds is 5. The van der Waals surface area contributed by atoms with Crippen LogP contribution in [0.1, 0.15) is 17.5 Å². The molecule has 1 aromatic heterocycles. The first-order valence-corrected chi connectivity index (χ1v) is 11.2. The van der Waals surface area contributed by atoms with Crippen molar-refractivity contribution in [1.29, 1.82) is 0 Å². The molecule has 0 aliphatic carbocycles. The average Bonchev–Trinajstić information content (AvgIpc) is 2.88. The molecule has 0 saturated heterocycles. The topological polar surface area (TPSA) is 87.3 Å². The number of hydrogen-bond acceptors (Lipinski definition) is 7. The molecular weight excluding hydrogens is 446 g/mol. The fourth-order valence-electron chi connectivity index (χ4n) is 4.32. The summed E-state index contributed by atoms with van der Waals surface area (Å²) in [4.78, 5) is 30.1. The SMILES string of the molecule is COc1ccc(-c2c(C)c3ccc(OC(=O)C4=Nc5ccccc5CC4)cc3oc2=O)cc1OC. The molecule has 0 atom stereocenters. The second kappa shape index (κ2) is 9.10. The smallest absolute Gasteiger partial charge is 0.358 e. The molecule has 4 aromatic rings. The van der Waals surface area contributed by atoms with Gasteiger partial charge in [0.2, 0.25) is 0 Å². The Kier molecular flexibility index (Phi) is 5.82. The van der Waals surface area contributed by atoms with E-state index in [9.17, 15) is 9.59 Å². The van der Waals surface area contributed by atoms with Crippen LogP contribution >= 0.6 is 0 Å². The highest BCUT2D eigenvalue weighted by Gasteiger charge is 2.21. The number of ether oxygens (including phenoxy) is 3. The number of hydrogen-bond donors (Lipinski definition) is 0. The Balaban J connectivity index is 1.46. The number of fused-ring (bicyclic) bond motifs is 2. The van der Waals surface area contributed by atoms with E-state index in [0.29, 0.717) is 40.3 Å². The van der Waals surface area contributed by atoms with E-state index in [4.69, 9.17) is 18.6 Å². The maximum absolute atomic E-state index is 12.9. The van der Waals surface area contributed by atoms with Crippen LogP contribution in [0.3, 0.4) is 0 Å². The third-order valence-corrected chi connectivity index (χ3v) is 6.14. The summed E-state index contributed by atoms with van der Waals surface area (Å²) in [5.74, 6) is 0.848. The lowest BCUT2D eigenvalue weighted by Gasteiger charge is -2.15. The summed E-state index contributed by atoms with van der Waals surface area (Å²) in [6.45, 7) is 1.85. The number of carbonyl (C=O) groups is 1. The zero-order chi connectivity index (χ0) is 24.5. The van der Waals surface area contributed by atoms with Crippen molar-refractivity contribution in [2.75, 3.05) is 14.2 Å². The van der Waals surface area contributed by atoms with Gasteiger partial charge in [-0.25, -0.2) is 14.6 Å². The minimum Gasteiger partial charge on any atom is -0.493 e. The minimum atomic E-state index is -0.514. The lowest BCUT2D eigenvalue weighted by molar-refractivity contribution is -0.127. The standard InChI is InChI=1S/C28H23NO6/c1-16-20-11-10-19(34-27(30)22-12-8-17-6-4-5-7-21(17)29-22)15-24(20)35-28(31)26(16)18-9-13-23(32-2)25(14-18)33-3/h4-7,9-11,13-15H,8,12H2,1-3H3. The van der Waals surface area contributed by atoms with Crippen LogP contribution in [-0.2, 0) is 11.2 Å². The first-order valence-electron chi connectivity index (χ1n) is 11.2. The molecular formula is C28H23NO6. The summed E-state index contributed by atoms with van der Waals surface area (Å²) in [6.07, 6.45) is 1.24. The van der Waals surface area contributed by atoms with Gasteiger partial charge in [0.15, 0.2) is 11.5 Å². The highest BCUT2D eigenvalue weighted by Crippen LogP contribution is 2.35. The summed E-state index contributed by atoms with van der Waals surface area (Å²) in [5, 5.41) is 0.734. The first kappa shape index (κ1) is 22.4. The Morgan fingerprint density at radius 1 is 0.943 bits per heavy atom. The van der Waals surface area contributed by atoms with Crippen molar-refractivity contribution >= 4 is 28.3 Å². The average molecular weight is 469 g/mol. The number of nitrogens with zero attached hydrogens (tertiary/aromatic N) is 1. The fraction of sp³-hybridized carbons (Fsp3) is 0.179. The number of para-hydroxylation sites is 1. The second-order valence-corrected chi connectivity index (χ2v) is 8.19. The molecule has 1 aliphatic rings. The maximum Gasteiger partial charge on any atom is 0.358 e. The highest BCUT2D eigenvalue weighted by atomic mass is 16.5. The second-order valence-electron chi connectivity index (χ2n) is 8.19. The van der Waals surface area contributed by atoms with E-state index < -0.39 is 11.6 Å². The predicted molar refractivity (Wildman–Crippen MR) is 133 cm³/mol. The molecule has 0 fully saturated rings. The molecule has 0 bridgehead atoms. The van der Waals surface area contributed by atoms with Gasteiger partial charge in [0, 0.05) is 17.9 Å². The molecule has 35 heavy (non-hydrogen) atoms. The van der Waals surface area contributed by atoms with Gasteiger partial charge in [0.25, 0.3) is 0 Å². The molecule has 0 radical (unpaired) electrons. The predicted octanol–water partition coefficient (Wildman–Crippen LogP) is 5.41. The molecule has 0 amide bonds. The Morgan fingerprint density at radius 2 is 1.74 bits per heavy atom. The van der Waals surface area contributed by atoms with Crippen LogP contribution < -0.4 is 19.8 Å². The number of carbonyl (C=O) groups excluding carboxylic acids is 1. The van der Waals surface area contributed by atoms with Gasteiger partial charge in [-0.1, -0.05) is 24.3 Å². The Bertz CT molecular complexity index is 1550. The van der Waals surface area contributed by atoms with Crippen LogP contribution in [0.25, 0.3) is 22.1 Å². The number of benzene rings is 3. The Hall–Kier alpha value is -4.39. The largest absolute Gasteiger partial charge is 0.493 e. The van der Waals surface area contributed by atoms with Gasteiger partial charge in [-0.05, 0) is 60.4 Å². The quantitative estimate of drug-likeness (QED) is 0.221. The normalized spacial score (nSPS) is 12.6. The molecule has 7 heteroatoms. The summed E-state index contributed by atoms with van der Waals surface area (Å²) in [7, 11) is 3.09. The molecule has 7 nitrogen and oxygen atoms in total. The molecule has 176 valence electrons. The van der Waals surface area contributed by atoms with Gasteiger partial charge in [-0.2, -0.15) is 0 Å². The molecule has 0 unspecified atom stereocenters. The lowest BCUT2D eigenvalue weighted by atomic mass is 9.99. The summed E-state index contributed by atoms with van der Waals surface area (Å²) < 4.78 is 21.8. The third kappa shape index (κ3) is 4.17. The molecule has 3 aromatic carbocycles. The van der Waals surface area contributed by atoms with E-state index in [2.05, 4.69) is 4.99 Å². The zero-order valence-electron chi connectivity index (χ0n) is 19.6. The fourth-order valence-corrected chi connectivity index (χ4v) is 4.32. The number of methoxy groups -OCH3 is 2. The molecule has 1 aliphatic heterocycles. The van der Waals surface area contributed by atoms with Crippen molar-refractivity contribution in [2.45, 2.75) is 19.8 Å². The van der Waals surface area contributed by atoms with Crippen LogP contribution in [0.4, 0.5) is 5.69 Å². The molecule has 2 heterocycles. The Morgan fingerprint density at radius 3 is 2.54 bits per heavy atom. The summed E-state index contributed by atoms with van der Waals surface area (Å²) in [6, 6.07) is 18.0. The molecule has 0 spiro atoms. The maximum atomic E-state index is 12.9. The van der Waals surface area contributed by atoms with E-state index in [-0.39, 0.29) is 5.75 Å².